The Balaban J connectivity index is 1.70. The van der Waals surface area contributed by atoms with Crippen LogP contribution in [0, 0.1) is 0 Å². The third-order valence-electron chi connectivity index (χ3n) is 5.01. The van der Waals surface area contributed by atoms with Crippen LogP contribution in [0.4, 0.5) is 0 Å². The average molecular weight is 351 g/mol. The van der Waals surface area contributed by atoms with Crippen LogP contribution >= 0.6 is 0 Å². The van der Waals surface area contributed by atoms with Gasteiger partial charge in [0.2, 0.25) is 0 Å². The van der Waals surface area contributed by atoms with Gasteiger partial charge in [-0.15, -0.1) is 0 Å². The van der Waals surface area contributed by atoms with E-state index in [-0.39, 0.29) is 11.9 Å². The molecule has 0 saturated carbocycles. The van der Waals surface area contributed by atoms with Crippen LogP contribution in [0.2, 0.25) is 0 Å². The normalized spacial score (nSPS) is 15.7. The highest BCUT2D eigenvalue weighted by molar-refractivity contribution is 5.97. The molecule has 1 N–H and O–H groups in total. The summed E-state index contributed by atoms with van der Waals surface area (Å²) < 4.78 is 0. The van der Waals surface area contributed by atoms with E-state index in [1.165, 1.54) is 0 Å². The van der Waals surface area contributed by atoms with Gasteiger partial charge in [0.05, 0.1) is 11.7 Å². The number of H-pyrrole nitrogens is 1. The molecule has 4 nitrogen and oxygen atoms in total. The number of rotatable bonds is 2. The van der Waals surface area contributed by atoms with Crippen LogP contribution in [-0.2, 0) is 0 Å². The topological polar surface area (TPSA) is 49.0 Å². The maximum absolute atomic E-state index is 13.3. The first-order valence-corrected chi connectivity index (χ1v) is 8.90. The van der Waals surface area contributed by atoms with Crippen molar-refractivity contribution in [1.29, 1.82) is 0 Å². The number of hydrogen-bond donors (Lipinski definition) is 1. The van der Waals surface area contributed by atoms with Crippen molar-refractivity contribution in [2.45, 2.75) is 6.04 Å². The lowest BCUT2D eigenvalue weighted by Gasteiger charge is -2.33. The molecule has 0 aliphatic carbocycles. The minimum atomic E-state index is -0.234. The van der Waals surface area contributed by atoms with Crippen molar-refractivity contribution in [3.8, 4) is 0 Å². The Morgan fingerprint density at radius 2 is 1.74 bits per heavy atom. The molecule has 0 spiro atoms. The molecule has 4 heteroatoms. The summed E-state index contributed by atoms with van der Waals surface area (Å²) in [6.07, 6.45) is 7.53. The zero-order chi connectivity index (χ0) is 18.2. The first-order valence-electron chi connectivity index (χ1n) is 8.90. The molecule has 130 valence electrons. The van der Waals surface area contributed by atoms with Crippen LogP contribution < -0.4 is 0 Å². The highest BCUT2D eigenvalue weighted by atomic mass is 16.2. The Kier molecular flexibility index (Phi) is 3.61. The predicted octanol–water partition coefficient (Wildman–Crippen LogP) is 4.78. The number of aromatic nitrogens is 2. The number of carbonyl (C=O) groups excluding carboxylic acids is 1. The van der Waals surface area contributed by atoms with Crippen LogP contribution in [0.3, 0.4) is 0 Å². The number of carbonyl (C=O) groups is 1. The highest BCUT2D eigenvalue weighted by Gasteiger charge is 2.32. The number of hydrogen-bond acceptors (Lipinski definition) is 2. The summed E-state index contributed by atoms with van der Waals surface area (Å²) in [5.41, 5.74) is 4.70. The zero-order valence-corrected chi connectivity index (χ0v) is 14.5. The van der Waals surface area contributed by atoms with E-state index in [9.17, 15) is 4.79 Å². The number of pyridine rings is 1. The third-order valence-corrected chi connectivity index (χ3v) is 5.01. The van der Waals surface area contributed by atoms with Gasteiger partial charge in [-0.05, 0) is 30.3 Å². The highest BCUT2D eigenvalue weighted by Crippen LogP contribution is 2.38. The molecule has 0 fully saturated rings. The predicted molar refractivity (Wildman–Crippen MR) is 106 cm³/mol. The first kappa shape index (κ1) is 15.6. The molecule has 0 radical (unpaired) electrons. The summed E-state index contributed by atoms with van der Waals surface area (Å²) in [7, 11) is 0. The van der Waals surface area contributed by atoms with E-state index in [4.69, 9.17) is 0 Å². The molecule has 0 saturated heterocycles. The molecular formula is C23H17N3O. The Morgan fingerprint density at radius 1 is 0.926 bits per heavy atom. The van der Waals surface area contributed by atoms with Crippen molar-refractivity contribution in [3.05, 3.63) is 108 Å². The number of para-hydroxylation sites is 1. The fourth-order valence-electron chi connectivity index (χ4n) is 3.74. The Morgan fingerprint density at radius 3 is 2.63 bits per heavy atom. The lowest BCUT2D eigenvalue weighted by molar-refractivity contribution is 0.0787. The SMILES string of the molecule is O=C(c1ccccc1)N1C=Cc2ncccc2C1c1c[nH]c2ccccc12. The van der Waals surface area contributed by atoms with Crippen LogP contribution in [0.25, 0.3) is 17.0 Å². The number of nitrogens with one attached hydrogen (secondary N) is 1. The van der Waals surface area contributed by atoms with E-state index in [1.54, 1.807) is 11.1 Å². The summed E-state index contributed by atoms with van der Waals surface area (Å²) in [5.74, 6) is -0.0309. The molecule has 5 rings (SSSR count). The van der Waals surface area contributed by atoms with E-state index in [1.807, 2.05) is 79.1 Å². The molecule has 1 atom stereocenters. The van der Waals surface area contributed by atoms with Gasteiger partial charge in [0.15, 0.2) is 0 Å². The quantitative estimate of drug-likeness (QED) is 0.565. The Hall–Kier alpha value is -3.66. The second kappa shape index (κ2) is 6.25. The number of benzene rings is 2. The monoisotopic (exact) mass is 351 g/mol. The second-order valence-corrected chi connectivity index (χ2v) is 6.56. The first-order chi connectivity index (χ1) is 13.3. The summed E-state index contributed by atoms with van der Waals surface area (Å²) >= 11 is 0. The summed E-state index contributed by atoms with van der Waals surface area (Å²) in [6.45, 7) is 0. The van der Waals surface area contributed by atoms with Gasteiger partial charge in [0.25, 0.3) is 5.91 Å². The lowest BCUT2D eigenvalue weighted by Crippen LogP contribution is -2.33. The summed E-state index contributed by atoms with van der Waals surface area (Å²) in [5, 5.41) is 1.11. The van der Waals surface area contributed by atoms with Crippen molar-refractivity contribution in [3.63, 3.8) is 0 Å². The minimum Gasteiger partial charge on any atom is -0.361 e. The van der Waals surface area contributed by atoms with Gasteiger partial charge in [-0.25, -0.2) is 0 Å². The van der Waals surface area contributed by atoms with E-state index in [0.717, 1.165) is 27.7 Å². The molecule has 3 heterocycles. The van der Waals surface area contributed by atoms with E-state index in [0.29, 0.717) is 5.56 Å². The molecule has 2 aromatic carbocycles. The number of nitrogens with zero attached hydrogens (tertiary/aromatic N) is 2. The number of fused-ring (bicyclic) bond motifs is 2. The molecule has 1 unspecified atom stereocenters. The van der Waals surface area contributed by atoms with Gasteiger partial charge >= 0.3 is 0 Å². The molecule has 1 aliphatic heterocycles. The van der Waals surface area contributed by atoms with Gasteiger partial charge in [-0.2, -0.15) is 0 Å². The minimum absolute atomic E-state index is 0.0309. The van der Waals surface area contributed by atoms with Crippen LogP contribution in [0.1, 0.15) is 33.2 Å². The van der Waals surface area contributed by atoms with Crippen LogP contribution in [-0.4, -0.2) is 20.8 Å². The van der Waals surface area contributed by atoms with Crippen molar-refractivity contribution in [1.82, 2.24) is 14.9 Å². The number of aromatic amines is 1. The molecular weight excluding hydrogens is 334 g/mol. The molecule has 2 aromatic heterocycles. The lowest BCUT2D eigenvalue weighted by atomic mass is 9.92. The molecule has 1 aliphatic rings. The molecule has 4 aromatic rings. The smallest absolute Gasteiger partial charge is 0.258 e. The Bertz CT molecular complexity index is 1160. The van der Waals surface area contributed by atoms with Gasteiger partial charge in [0, 0.05) is 46.2 Å². The molecule has 1 amide bonds. The van der Waals surface area contributed by atoms with Gasteiger partial charge in [-0.1, -0.05) is 42.5 Å². The second-order valence-electron chi connectivity index (χ2n) is 6.56. The Labute approximate surface area is 156 Å². The van der Waals surface area contributed by atoms with Crippen LogP contribution in [0.5, 0.6) is 0 Å². The number of amides is 1. The summed E-state index contributed by atoms with van der Waals surface area (Å²) in [6, 6.07) is 21.3. The standard InChI is InChI=1S/C23H17N3O/c27-23(16-7-2-1-3-8-16)26-14-12-21-18(10-6-13-24-21)22(26)19-15-25-20-11-5-4-9-17(19)20/h1-15,22,25H. The van der Waals surface area contributed by atoms with Crippen molar-refractivity contribution >= 4 is 22.9 Å². The maximum atomic E-state index is 13.3. The fraction of sp³-hybridized carbons (Fsp3) is 0.0435. The van der Waals surface area contributed by atoms with Crippen molar-refractivity contribution in [2.75, 3.05) is 0 Å². The van der Waals surface area contributed by atoms with E-state index in [2.05, 4.69) is 16.0 Å². The van der Waals surface area contributed by atoms with Crippen LogP contribution in [0.15, 0.2) is 85.3 Å². The van der Waals surface area contributed by atoms with E-state index < -0.39 is 0 Å². The third kappa shape index (κ3) is 2.54. The average Bonchev–Trinajstić information content (AvgIpc) is 3.17. The summed E-state index contributed by atoms with van der Waals surface area (Å²) in [4.78, 5) is 22.9. The van der Waals surface area contributed by atoms with Gasteiger partial charge in [0.1, 0.15) is 0 Å². The van der Waals surface area contributed by atoms with Gasteiger partial charge < -0.3 is 9.88 Å². The molecule has 27 heavy (non-hydrogen) atoms. The molecule has 0 bridgehead atoms. The van der Waals surface area contributed by atoms with Crippen molar-refractivity contribution in [2.24, 2.45) is 0 Å². The fourth-order valence-corrected chi connectivity index (χ4v) is 3.74. The maximum Gasteiger partial charge on any atom is 0.258 e. The van der Waals surface area contributed by atoms with Gasteiger partial charge in [-0.3, -0.25) is 9.78 Å². The zero-order valence-electron chi connectivity index (χ0n) is 14.5. The largest absolute Gasteiger partial charge is 0.361 e. The van der Waals surface area contributed by atoms with E-state index >= 15 is 0 Å². The van der Waals surface area contributed by atoms with Crippen molar-refractivity contribution < 1.29 is 4.79 Å².